The molecular formula is C29H34FN3O5S. The number of ether oxygens (including phenoxy) is 1. The number of sulfonamides is 1. The number of rotatable bonds is 13. The molecule has 0 spiro atoms. The standard InChI is InChI=1S/C29H34FN3O5S/c1-4-27(29(35)31-5-2)32(19-22-11-13-24(30)14-12-22)28(34)20-33(39(3,36)37)25-15-17-26(18-16-25)38-21-23-9-7-6-8-10-23/h6-18,27H,4-5,19-21H2,1-3H3,(H,31,35). The van der Waals surface area contributed by atoms with Crippen LogP contribution in [0, 0.1) is 5.82 Å². The quantitative estimate of drug-likeness (QED) is 0.343. The lowest BCUT2D eigenvalue weighted by molar-refractivity contribution is -0.140. The average molecular weight is 556 g/mol. The fraction of sp³-hybridized carbons (Fsp3) is 0.310. The third-order valence-electron chi connectivity index (χ3n) is 6.06. The number of anilines is 1. The van der Waals surface area contributed by atoms with E-state index in [0.717, 1.165) is 16.1 Å². The Morgan fingerprint density at radius 2 is 1.56 bits per heavy atom. The van der Waals surface area contributed by atoms with E-state index in [1.165, 1.54) is 29.2 Å². The fourth-order valence-electron chi connectivity index (χ4n) is 4.06. The molecule has 2 amide bonds. The number of likely N-dealkylation sites (N-methyl/N-ethyl adjacent to an activating group) is 1. The number of hydrogen-bond acceptors (Lipinski definition) is 5. The van der Waals surface area contributed by atoms with Crippen LogP contribution in [0.25, 0.3) is 0 Å². The van der Waals surface area contributed by atoms with E-state index in [-0.39, 0.29) is 18.1 Å². The molecule has 0 heterocycles. The van der Waals surface area contributed by atoms with Crippen molar-refractivity contribution in [2.75, 3.05) is 23.7 Å². The summed E-state index contributed by atoms with van der Waals surface area (Å²) in [4.78, 5) is 27.8. The number of benzene rings is 3. The van der Waals surface area contributed by atoms with Crippen LogP contribution in [-0.2, 0) is 32.8 Å². The maximum Gasteiger partial charge on any atom is 0.244 e. The summed E-state index contributed by atoms with van der Waals surface area (Å²) in [5, 5.41) is 2.73. The summed E-state index contributed by atoms with van der Waals surface area (Å²) < 4.78 is 45.8. The van der Waals surface area contributed by atoms with Crippen LogP contribution in [0.15, 0.2) is 78.9 Å². The van der Waals surface area contributed by atoms with E-state index < -0.39 is 34.3 Å². The molecular weight excluding hydrogens is 521 g/mol. The maximum absolute atomic E-state index is 13.6. The van der Waals surface area contributed by atoms with Gasteiger partial charge in [-0.15, -0.1) is 0 Å². The van der Waals surface area contributed by atoms with Gasteiger partial charge in [0.25, 0.3) is 0 Å². The van der Waals surface area contributed by atoms with Crippen LogP contribution in [0.1, 0.15) is 31.4 Å². The highest BCUT2D eigenvalue weighted by molar-refractivity contribution is 7.92. The highest BCUT2D eigenvalue weighted by Gasteiger charge is 2.31. The van der Waals surface area contributed by atoms with Crippen LogP contribution >= 0.6 is 0 Å². The lowest BCUT2D eigenvalue weighted by Gasteiger charge is -2.32. The molecule has 1 unspecified atom stereocenters. The number of halogens is 1. The summed E-state index contributed by atoms with van der Waals surface area (Å²) in [6.07, 6.45) is 1.33. The third kappa shape index (κ3) is 8.54. The normalized spacial score (nSPS) is 11.9. The summed E-state index contributed by atoms with van der Waals surface area (Å²) in [6, 6.07) is 20.8. The van der Waals surface area contributed by atoms with Crippen LogP contribution < -0.4 is 14.4 Å². The minimum Gasteiger partial charge on any atom is -0.489 e. The van der Waals surface area contributed by atoms with Crippen molar-refractivity contribution < 1.29 is 27.1 Å². The predicted molar refractivity (Wildman–Crippen MR) is 149 cm³/mol. The van der Waals surface area contributed by atoms with E-state index in [9.17, 15) is 22.4 Å². The van der Waals surface area contributed by atoms with Crippen LogP contribution in [0.5, 0.6) is 5.75 Å². The van der Waals surface area contributed by atoms with Gasteiger partial charge in [-0.2, -0.15) is 0 Å². The van der Waals surface area contributed by atoms with Crippen molar-refractivity contribution >= 4 is 27.5 Å². The predicted octanol–water partition coefficient (Wildman–Crippen LogP) is 4.11. The van der Waals surface area contributed by atoms with E-state index >= 15 is 0 Å². The first-order valence-corrected chi connectivity index (χ1v) is 14.5. The summed E-state index contributed by atoms with van der Waals surface area (Å²) >= 11 is 0. The molecule has 10 heteroatoms. The second-order valence-electron chi connectivity index (χ2n) is 9.00. The van der Waals surface area contributed by atoms with Gasteiger partial charge in [-0.25, -0.2) is 12.8 Å². The number of amides is 2. The number of carbonyl (C=O) groups excluding carboxylic acids is 2. The number of nitrogens with zero attached hydrogens (tertiary/aromatic N) is 2. The zero-order valence-corrected chi connectivity index (χ0v) is 23.2. The second kappa shape index (κ2) is 13.7. The third-order valence-corrected chi connectivity index (χ3v) is 7.20. The van der Waals surface area contributed by atoms with Crippen molar-refractivity contribution in [1.82, 2.24) is 10.2 Å². The Balaban J connectivity index is 1.83. The van der Waals surface area contributed by atoms with Crippen molar-refractivity contribution in [1.29, 1.82) is 0 Å². The van der Waals surface area contributed by atoms with E-state index in [4.69, 9.17) is 4.74 Å². The van der Waals surface area contributed by atoms with Crippen LogP contribution in [0.2, 0.25) is 0 Å². The van der Waals surface area contributed by atoms with Crippen LogP contribution in [0.4, 0.5) is 10.1 Å². The lowest BCUT2D eigenvalue weighted by atomic mass is 10.1. The van der Waals surface area contributed by atoms with Gasteiger partial charge in [0.15, 0.2) is 0 Å². The van der Waals surface area contributed by atoms with Gasteiger partial charge in [0.05, 0.1) is 11.9 Å². The Kier molecular flexibility index (Phi) is 10.4. The monoisotopic (exact) mass is 555 g/mol. The van der Waals surface area contributed by atoms with Gasteiger partial charge >= 0.3 is 0 Å². The molecule has 1 N–H and O–H groups in total. The van der Waals surface area contributed by atoms with Crippen LogP contribution in [-0.4, -0.2) is 50.5 Å². The zero-order valence-electron chi connectivity index (χ0n) is 22.3. The molecule has 0 aliphatic heterocycles. The van der Waals surface area contributed by atoms with Gasteiger partial charge < -0.3 is 15.0 Å². The van der Waals surface area contributed by atoms with E-state index in [1.807, 2.05) is 30.3 Å². The largest absolute Gasteiger partial charge is 0.489 e. The second-order valence-corrected chi connectivity index (χ2v) is 10.9. The molecule has 8 nitrogen and oxygen atoms in total. The SMILES string of the molecule is CCNC(=O)C(CC)N(Cc1ccc(F)cc1)C(=O)CN(c1ccc(OCc2ccccc2)cc1)S(C)(=O)=O. The fourth-order valence-corrected chi connectivity index (χ4v) is 4.91. The van der Waals surface area contributed by atoms with Gasteiger partial charge in [-0.3, -0.25) is 13.9 Å². The molecule has 1 atom stereocenters. The minimum atomic E-state index is -3.86. The summed E-state index contributed by atoms with van der Waals surface area (Å²) in [6.45, 7) is 3.77. The smallest absolute Gasteiger partial charge is 0.244 e. The molecule has 0 aliphatic carbocycles. The summed E-state index contributed by atoms with van der Waals surface area (Å²) in [5.41, 5.74) is 1.88. The van der Waals surface area contributed by atoms with E-state index in [2.05, 4.69) is 5.32 Å². The molecule has 0 fully saturated rings. The van der Waals surface area contributed by atoms with Crippen molar-refractivity contribution in [3.63, 3.8) is 0 Å². The summed E-state index contributed by atoms with van der Waals surface area (Å²) in [5.74, 6) is -0.789. The van der Waals surface area contributed by atoms with Crippen LogP contribution in [0.3, 0.4) is 0 Å². The molecule has 0 saturated heterocycles. The van der Waals surface area contributed by atoms with Crippen molar-refractivity contribution in [2.24, 2.45) is 0 Å². The molecule has 39 heavy (non-hydrogen) atoms. The lowest BCUT2D eigenvalue weighted by Crippen LogP contribution is -2.52. The first-order valence-electron chi connectivity index (χ1n) is 12.7. The van der Waals surface area contributed by atoms with Crippen molar-refractivity contribution in [3.05, 3.63) is 95.8 Å². The van der Waals surface area contributed by atoms with Gasteiger partial charge in [0, 0.05) is 13.1 Å². The van der Waals surface area contributed by atoms with Crippen molar-refractivity contribution in [3.8, 4) is 5.75 Å². The Labute approximate surface area is 229 Å². The molecule has 3 aromatic rings. The van der Waals surface area contributed by atoms with Gasteiger partial charge in [0.1, 0.15) is 30.8 Å². The van der Waals surface area contributed by atoms with Gasteiger partial charge in [-0.05, 0) is 60.9 Å². The average Bonchev–Trinajstić information content (AvgIpc) is 2.92. The zero-order chi connectivity index (χ0) is 28.4. The first-order chi connectivity index (χ1) is 18.6. The molecule has 3 aromatic carbocycles. The minimum absolute atomic E-state index is 0.0125. The molecule has 3 rings (SSSR count). The number of nitrogens with one attached hydrogen (secondary N) is 1. The Morgan fingerprint density at radius 3 is 2.13 bits per heavy atom. The number of hydrogen-bond donors (Lipinski definition) is 1. The molecule has 0 radical (unpaired) electrons. The molecule has 0 aromatic heterocycles. The number of carbonyl (C=O) groups is 2. The molecule has 0 aliphatic rings. The van der Waals surface area contributed by atoms with E-state index in [1.54, 1.807) is 38.1 Å². The highest BCUT2D eigenvalue weighted by Crippen LogP contribution is 2.23. The Hall–Kier alpha value is -3.92. The topological polar surface area (TPSA) is 96.0 Å². The molecule has 0 saturated carbocycles. The van der Waals surface area contributed by atoms with E-state index in [0.29, 0.717) is 30.9 Å². The Morgan fingerprint density at radius 1 is 0.923 bits per heavy atom. The van der Waals surface area contributed by atoms with Gasteiger partial charge in [0.2, 0.25) is 21.8 Å². The first kappa shape index (κ1) is 29.6. The maximum atomic E-state index is 13.6. The summed E-state index contributed by atoms with van der Waals surface area (Å²) in [7, 11) is -3.86. The highest BCUT2D eigenvalue weighted by atomic mass is 32.2. The Bertz CT molecular complexity index is 1330. The molecule has 208 valence electrons. The van der Waals surface area contributed by atoms with Gasteiger partial charge in [-0.1, -0.05) is 49.4 Å². The molecule has 0 bridgehead atoms. The van der Waals surface area contributed by atoms with Crippen molar-refractivity contribution in [2.45, 2.75) is 39.5 Å².